The Hall–Kier alpha value is 0.630. The van der Waals surface area contributed by atoms with E-state index in [0.717, 1.165) is 6.42 Å². The second kappa shape index (κ2) is 6.18. The highest BCUT2D eigenvalue weighted by Gasteiger charge is 2.32. The van der Waals surface area contributed by atoms with Gasteiger partial charge < -0.3 is 4.74 Å². The molecule has 0 aliphatic rings. The van der Waals surface area contributed by atoms with E-state index in [2.05, 4.69) is 4.74 Å². The van der Waals surface area contributed by atoms with Crippen LogP contribution in [0.4, 0.5) is 0 Å². The lowest BCUT2D eigenvalue weighted by Crippen LogP contribution is -2.23. The van der Waals surface area contributed by atoms with Gasteiger partial charge in [0.2, 0.25) is 0 Å². The van der Waals surface area contributed by atoms with Crippen LogP contribution in [0.15, 0.2) is 0 Å². The quantitative estimate of drug-likeness (QED) is 0.577. The van der Waals surface area contributed by atoms with E-state index < -0.39 is 9.76 Å². The minimum Gasteiger partial charge on any atom is -0.462 e. The molecule has 0 aliphatic heterocycles. The smallest absolute Gasteiger partial charge is 0.358 e. The maximum atomic E-state index is 10.9. The molecule has 0 radical (unpaired) electrons. The fraction of sp³-hybridized carbons (Fsp3) is 0.857. The number of alkyl halides is 4. The summed E-state index contributed by atoms with van der Waals surface area (Å²) in [6.45, 7) is 2.11. The summed E-state index contributed by atoms with van der Waals surface area (Å²) in [6, 6.07) is 0. The van der Waals surface area contributed by atoms with Crippen molar-refractivity contribution >= 4 is 52.4 Å². The van der Waals surface area contributed by atoms with Crippen LogP contribution in [0.25, 0.3) is 0 Å². The normalized spacial score (nSPS) is 13.9. The lowest BCUT2D eigenvalue weighted by atomic mass is 10.2. The lowest BCUT2D eigenvalue weighted by Gasteiger charge is -2.11. The van der Waals surface area contributed by atoms with Crippen LogP contribution < -0.4 is 0 Å². The van der Waals surface area contributed by atoms with Gasteiger partial charge in [-0.2, -0.15) is 0 Å². The van der Waals surface area contributed by atoms with Crippen molar-refractivity contribution in [3.05, 3.63) is 0 Å². The van der Waals surface area contributed by atoms with Crippen LogP contribution in [0.5, 0.6) is 0 Å². The maximum Gasteiger partial charge on any atom is 0.358 e. The van der Waals surface area contributed by atoms with Crippen LogP contribution in [-0.4, -0.2) is 21.7 Å². The average Bonchev–Trinajstić information content (AvgIpc) is 2.02. The van der Waals surface area contributed by atoms with Crippen molar-refractivity contribution in [2.45, 2.75) is 28.9 Å². The van der Waals surface area contributed by atoms with Crippen molar-refractivity contribution in [3.63, 3.8) is 0 Å². The third-order valence-corrected chi connectivity index (χ3v) is 2.33. The second-order valence-corrected chi connectivity index (χ2v) is 5.33. The Morgan fingerprint density at radius 3 is 2.38 bits per heavy atom. The Bertz CT molecular complexity index is 166. The van der Waals surface area contributed by atoms with Gasteiger partial charge in [0.1, 0.15) is 0 Å². The summed E-state index contributed by atoms with van der Waals surface area (Å²) in [7, 11) is 0. The fourth-order valence-corrected chi connectivity index (χ4v) is 0.818. The molecule has 13 heavy (non-hydrogen) atoms. The number of esters is 1. The lowest BCUT2D eigenvalue weighted by molar-refractivity contribution is -0.142. The van der Waals surface area contributed by atoms with Crippen LogP contribution in [0.3, 0.4) is 0 Å². The first-order valence-corrected chi connectivity index (χ1v) is 5.33. The zero-order valence-electron chi connectivity index (χ0n) is 7.03. The van der Waals surface area contributed by atoms with Gasteiger partial charge in [-0.05, 0) is 12.8 Å². The van der Waals surface area contributed by atoms with E-state index in [0.29, 0.717) is 6.42 Å². The molecule has 0 aromatic heterocycles. The Balaban J connectivity index is 3.60. The van der Waals surface area contributed by atoms with Gasteiger partial charge in [0.05, 0.1) is 6.61 Å². The number of rotatable bonds is 4. The third kappa shape index (κ3) is 6.67. The number of hydrogen-bond donors (Lipinski definition) is 0. The van der Waals surface area contributed by atoms with Gasteiger partial charge in [-0.15, -0.1) is 11.6 Å². The van der Waals surface area contributed by atoms with Crippen LogP contribution in [0, 0.1) is 0 Å². The van der Waals surface area contributed by atoms with E-state index in [1.807, 2.05) is 6.92 Å². The SMILES string of the molecule is CCC(Cl)CCOC(=O)C(Cl)(Cl)Cl. The fourth-order valence-electron chi connectivity index (χ4n) is 0.565. The molecule has 0 bridgehead atoms. The van der Waals surface area contributed by atoms with Crippen molar-refractivity contribution in [1.82, 2.24) is 0 Å². The molecule has 0 aromatic rings. The van der Waals surface area contributed by atoms with E-state index in [-0.39, 0.29) is 12.0 Å². The minimum absolute atomic E-state index is 0.0109. The Kier molecular flexibility index (Phi) is 6.48. The molecule has 6 heteroatoms. The topological polar surface area (TPSA) is 26.3 Å². The molecule has 1 unspecified atom stereocenters. The third-order valence-electron chi connectivity index (χ3n) is 1.34. The summed E-state index contributed by atoms with van der Waals surface area (Å²) < 4.78 is 2.67. The van der Waals surface area contributed by atoms with E-state index in [1.165, 1.54) is 0 Å². The predicted octanol–water partition coefficient (Wildman–Crippen LogP) is 3.31. The first-order chi connectivity index (χ1) is 5.88. The van der Waals surface area contributed by atoms with Gasteiger partial charge in [-0.1, -0.05) is 41.7 Å². The van der Waals surface area contributed by atoms with E-state index in [4.69, 9.17) is 46.4 Å². The molecule has 0 amide bonds. The highest BCUT2D eigenvalue weighted by atomic mass is 35.6. The first-order valence-electron chi connectivity index (χ1n) is 3.76. The Morgan fingerprint density at radius 1 is 1.46 bits per heavy atom. The van der Waals surface area contributed by atoms with Gasteiger partial charge in [0, 0.05) is 5.38 Å². The van der Waals surface area contributed by atoms with Gasteiger partial charge in [-0.3, -0.25) is 0 Å². The van der Waals surface area contributed by atoms with Gasteiger partial charge in [0.25, 0.3) is 3.79 Å². The van der Waals surface area contributed by atoms with Gasteiger partial charge >= 0.3 is 5.97 Å². The summed E-state index contributed by atoms with van der Waals surface area (Å²) in [5.41, 5.74) is 0. The number of ether oxygens (including phenoxy) is 1. The maximum absolute atomic E-state index is 10.9. The molecule has 0 saturated heterocycles. The van der Waals surface area contributed by atoms with Crippen molar-refractivity contribution in [2.75, 3.05) is 6.61 Å². The molecular weight excluding hydrogens is 258 g/mol. The van der Waals surface area contributed by atoms with E-state index >= 15 is 0 Å². The number of hydrogen-bond acceptors (Lipinski definition) is 2. The summed E-state index contributed by atoms with van der Waals surface area (Å²) >= 11 is 21.5. The highest BCUT2D eigenvalue weighted by Crippen LogP contribution is 2.27. The molecular formula is C7H10Cl4O2. The highest BCUT2D eigenvalue weighted by molar-refractivity contribution is 6.75. The molecule has 0 N–H and O–H groups in total. The summed E-state index contributed by atoms with van der Waals surface area (Å²) in [5, 5.41) is -0.0109. The van der Waals surface area contributed by atoms with Gasteiger partial charge in [0.15, 0.2) is 0 Å². The Morgan fingerprint density at radius 2 is 2.00 bits per heavy atom. The average molecular weight is 268 g/mol. The molecule has 0 aromatic carbocycles. The number of carbonyl (C=O) groups excluding carboxylic acids is 1. The molecule has 78 valence electrons. The standard InChI is InChI=1S/C7H10Cl4O2/c1-2-5(8)3-4-13-6(12)7(9,10)11/h5H,2-4H2,1H3. The molecule has 2 nitrogen and oxygen atoms in total. The largest absolute Gasteiger partial charge is 0.462 e. The van der Waals surface area contributed by atoms with Crippen molar-refractivity contribution in [1.29, 1.82) is 0 Å². The molecule has 0 heterocycles. The van der Waals surface area contributed by atoms with E-state index in [1.54, 1.807) is 0 Å². The molecule has 0 saturated carbocycles. The molecule has 1 atom stereocenters. The van der Waals surface area contributed by atoms with Crippen molar-refractivity contribution < 1.29 is 9.53 Å². The van der Waals surface area contributed by atoms with Crippen LogP contribution in [0.2, 0.25) is 0 Å². The summed E-state index contributed by atoms with van der Waals surface area (Å²) in [5.74, 6) is -0.863. The second-order valence-electron chi connectivity index (χ2n) is 2.43. The predicted molar refractivity (Wildman–Crippen MR) is 55.8 cm³/mol. The molecule has 0 rings (SSSR count). The molecule has 0 fully saturated rings. The van der Waals surface area contributed by atoms with Crippen molar-refractivity contribution in [2.24, 2.45) is 0 Å². The van der Waals surface area contributed by atoms with E-state index in [9.17, 15) is 4.79 Å². The summed E-state index contributed by atoms with van der Waals surface area (Å²) in [4.78, 5) is 10.9. The zero-order valence-corrected chi connectivity index (χ0v) is 10.1. The van der Waals surface area contributed by atoms with Crippen LogP contribution in [-0.2, 0) is 9.53 Å². The van der Waals surface area contributed by atoms with Gasteiger partial charge in [-0.25, -0.2) is 4.79 Å². The Labute approximate surface area is 97.4 Å². The van der Waals surface area contributed by atoms with Crippen LogP contribution in [0.1, 0.15) is 19.8 Å². The van der Waals surface area contributed by atoms with Crippen LogP contribution >= 0.6 is 46.4 Å². The minimum atomic E-state index is -1.99. The number of carbonyl (C=O) groups is 1. The molecule has 0 aliphatic carbocycles. The zero-order chi connectivity index (χ0) is 10.5. The molecule has 0 spiro atoms. The summed E-state index contributed by atoms with van der Waals surface area (Å²) in [6.07, 6.45) is 1.37. The number of halogens is 4. The van der Waals surface area contributed by atoms with Crippen molar-refractivity contribution in [3.8, 4) is 0 Å². The first kappa shape index (κ1) is 13.6. The monoisotopic (exact) mass is 266 g/mol.